The molecule has 1 aliphatic rings. The fourth-order valence-corrected chi connectivity index (χ4v) is 3.29. The number of amides is 2. The monoisotopic (exact) mass is 339 g/mol. The predicted molar refractivity (Wildman–Crippen MR) is 85.5 cm³/mol. The van der Waals surface area contributed by atoms with Gasteiger partial charge in [-0.25, -0.2) is 12.7 Å². The molecule has 1 aliphatic heterocycles. The second-order valence-electron chi connectivity index (χ2n) is 5.61. The van der Waals surface area contributed by atoms with Crippen LogP contribution in [0.25, 0.3) is 0 Å². The van der Waals surface area contributed by atoms with Gasteiger partial charge in [0.15, 0.2) is 0 Å². The first-order valence-electron chi connectivity index (χ1n) is 7.31. The Morgan fingerprint density at radius 2 is 1.43 bits per heavy atom. The van der Waals surface area contributed by atoms with Crippen LogP contribution in [0, 0.1) is 0 Å². The number of rotatable bonds is 3. The summed E-state index contributed by atoms with van der Waals surface area (Å²) in [6.45, 7) is 3.52. The van der Waals surface area contributed by atoms with Crippen molar-refractivity contribution in [2.45, 2.75) is 11.8 Å². The Balaban J connectivity index is 2.09. The molecular weight excluding hydrogens is 318 g/mol. The van der Waals surface area contributed by atoms with Gasteiger partial charge in [-0.2, -0.15) is 0 Å². The molecule has 8 heteroatoms. The highest BCUT2D eigenvalue weighted by atomic mass is 32.2. The quantitative estimate of drug-likeness (QED) is 0.790. The number of benzene rings is 1. The minimum Gasteiger partial charge on any atom is -0.339 e. The molecular formula is C15H21N3O4S. The second kappa shape index (κ2) is 6.67. The van der Waals surface area contributed by atoms with Crippen LogP contribution in [0.1, 0.15) is 17.3 Å². The molecule has 23 heavy (non-hydrogen) atoms. The number of sulfonamides is 1. The zero-order chi connectivity index (χ0) is 17.2. The van der Waals surface area contributed by atoms with Gasteiger partial charge in [0.2, 0.25) is 15.9 Å². The van der Waals surface area contributed by atoms with Crippen LogP contribution in [0.3, 0.4) is 0 Å². The number of hydrogen-bond acceptors (Lipinski definition) is 4. The summed E-state index contributed by atoms with van der Waals surface area (Å²) in [6.07, 6.45) is 0. The lowest BCUT2D eigenvalue weighted by molar-refractivity contribution is -0.130. The molecule has 0 aliphatic carbocycles. The molecule has 0 N–H and O–H groups in total. The maximum Gasteiger partial charge on any atom is 0.253 e. The molecule has 1 aromatic carbocycles. The van der Waals surface area contributed by atoms with E-state index in [0.717, 1.165) is 4.31 Å². The van der Waals surface area contributed by atoms with Crippen LogP contribution in [-0.4, -0.2) is 74.6 Å². The fourth-order valence-electron chi connectivity index (χ4n) is 2.39. The molecule has 0 bridgehead atoms. The predicted octanol–water partition coefficient (Wildman–Crippen LogP) is 0.241. The van der Waals surface area contributed by atoms with Crippen molar-refractivity contribution in [1.29, 1.82) is 0 Å². The van der Waals surface area contributed by atoms with E-state index in [4.69, 9.17) is 0 Å². The van der Waals surface area contributed by atoms with Crippen LogP contribution in [0.4, 0.5) is 0 Å². The van der Waals surface area contributed by atoms with Gasteiger partial charge < -0.3 is 9.80 Å². The summed E-state index contributed by atoms with van der Waals surface area (Å²) in [5.74, 6) is -0.141. The third-order valence-corrected chi connectivity index (χ3v) is 5.72. The molecule has 1 fully saturated rings. The zero-order valence-electron chi connectivity index (χ0n) is 13.5. The van der Waals surface area contributed by atoms with Gasteiger partial charge in [-0.1, -0.05) is 0 Å². The second-order valence-corrected chi connectivity index (χ2v) is 7.76. The molecule has 0 radical (unpaired) electrons. The summed E-state index contributed by atoms with van der Waals surface area (Å²) in [5.41, 5.74) is 0.444. The standard InChI is InChI=1S/C15H21N3O4S/c1-12(19)17-8-10-18(11-9-17)15(20)13-4-6-14(7-5-13)23(21,22)16(2)3/h4-7H,8-11H2,1-3H3. The first-order chi connectivity index (χ1) is 10.7. The van der Waals surface area contributed by atoms with E-state index in [9.17, 15) is 18.0 Å². The molecule has 0 saturated carbocycles. The van der Waals surface area contributed by atoms with Crippen molar-refractivity contribution in [1.82, 2.24) is 14.1 Å². The molecule has 1 heterocycles. The van der Waals surface area contributed by atoms with Gasteiger partial charge in [0.25, 0.3) is 5.91 Å². The van der Waals surface area contributed by atoms with Gasteiger partial charge >= 0.3 is 0 Å². The minimum absolute atomic E-state index is 0.00958. The molecule has 0 atom stereocenters. The summed E-state index contributed by atoms with van der Waals surface area (Å²) in [6, 6.07) is 5.93. The van der Waals surface area contributed by atoms with Crippen LogP contribution in [0.5, 0.6) is 0 Å². The minimum atomic E-state index is -3.50. The first kappa shape index (κ1) is 17.4. The van der Waals surface area contributed by atoms with E-state index < -0.39 is 10.0 Å². The number of carbonyl (C=O) groups excluding carboxylic acids is 2. The van der Waals surface area contributed by atoms with Gasteiger partial charge in [0.05, 0.1) is 4.90 Å². The van der Waals surface area contributed by atoms with Crippen molar-refractivity contribution in [2.75, 3.05) is 40.3 Å². The van der Waals surface area contributed by atoms with Crippen molar-refractivity contribution >= 4 is 21.8 Å². The molecule has 7 nitrogen and oxygen atoms in total. The lowest BCUT2D eigenvalue weighted by Crippen LogP contribution is -2.50. The van der Waals surface area contributed by atoms with Crippen molar-refractivity contribution in [3.8, 4) is 0 Å². The van der Waals surface area contributed by atoms with E-state index in [1.165, 1.54) is 45.3 Å². The SMILES string of the molecule is CC(=O)N1CCN(C(=O)c2ccc(S(=O)(=O)N(C)C)cc2)CC1. The van der Waals surface area contributed by atoms with Crippen LogP contribution < -0.4 is 0 Å². The number of carbonyl (C=O) groups is 2. The van der Waals surface area contributed by atoms with E-state index >= 15 is 0 Å². The maximum absolute atomic E-state index is 12.4. The van der Waals surface area contributed by atoms with Crippen LogP contribution >= 0.6 is 0 Å². The smallest absolute Gasteiger partial charge is 0.253 e. The average Bonchev–Trinajstić information content (AvgIpc) is 2.54. The topological polar surface area (TPSA) is 78.0 Å². The fraction of sp³-hybridized carbons (Fsp3) is 0.467. The maximum atomic E-state index is 12.4. The van der Waals surface area contributed by atoms with E-state index in [0.29, 0.717) is 31.7 Å². The van der Waals surface area contributed by atoms with Crippen LogP contribution in [-0.2, 0) is 14.8 Å². The molecule has 0 unspecified atom stereocenters. The Morgan fingerprint density at radius 1 is 0.957 bits per heavy atom. The van der Waals surface area contributed by atoms with E-state index in [-0.39, 0.29) is 16.7 Å². The highest BCUT2D eigenvalue weighted by Gasteiger charge is 2.24. The zero-order valence-corrected chi connectivity index (χ0v) is 14.3. The average molecular weight is 339 g/mol. The highest BCUT2D eigenvalue weighted by molar-refractivity contribution is 7.89. The Labute approximate surface area is 136 Å². The van der Waals surface area contributed by atoms with E-state index in [1.807, 2.05) is 0 Å². The van der Waals surface area contributed by atoms with Crippen molar-refractivity contribution in [2.24, 2.45) is 0 Å². The van der Waals surface area contributed by atoms with E-state index in [2.05, 4.69) is 0 Å². The Morgan fingerprint density at radius 3 is 1.87 bits per heavy atom. The van der Waals surface area contributed by atoms with Gasteiger partial charge in [-0.05, 0) is 24.3 Å². The third-order valence-electron chi connectivity index (χ3n) is 3.89. The van der Waals surface area contributed by atoms with Gasteiger partial charge in [0, 0.05) is 52.8 Å². The van der Waals surface area contributed by atoms with Gasteiger partial charge in [-0.15, -0.1) is 0 Å². The number of piperazine rings is 1. The van der Waals surface area contributed by atoms with Crippen molar-refractivity contribution < 1.29 is 18.0 Å². The Hall–Kier alpha value is -1.93. The van der Waals surface area contributed by atoms with Crippen molar-refractivity contribution in [3.05, 3.63) is 29.8 Å². The van der Waals surface area contributed by atoms with E-state index in [1.54, 1.807) is 9.80 Å². The van der Waals surface area contributed by atoms with Crippen LogP contribution in [0.15, 0.2) is 29.2 Å². The summed E-state index contributed by atoms with van der Waals surface area (Å²) in [7, 11) is -0.574. The molecule has 2 rings (SSSR count). The molecule has 2 amide bonds. The normalized spacial score (nSPS) is 15.8. The first-order valence-corrected chi connectivity index (χ1v) is 8.75. The largest absolute Gasteiger partial charge is 0.339 e. The Bertz CT molecular complexity index is 690. The summed E-state index contributed by atoms with van der Waals surface area (Å²) >= 11 is 0. The van der Waals surface area contributed by atoms with Gasteiger partial charge in [-0.3, -0.25) is 9.59 Å². The lowest BCUT2D eigenvalue weighted by Gasteiger charge is -2.34. The summed E-state index contributed by atoms with van der Waals surface area (Å²) < 4.78 is 25.1. The summed E-state index contributed by atoms with van der Waals surface area (Å²) in [4.78, 5) is 27.3. The molecule has 126 valence electrons. The molecule has 0 spiro atoms. The third kappa shape index (κ3) is 3.70. The molecule has 1 aromatic rings. The molecule has 1 saturated heterocycles. The molecule has 0 aromatic heterocycles. The van der Waals surface area contributed by atoms with Gasteiger partial charge in [0.1, 0.15) is 0 Å². The summed E-state index contributed by atoms with van der Waals surface area (Å²) in [5, 5.41) is 0. The Kier molecular flexibility index (Phi) is 5.06. The number of hydrogen-bond donors (Lipinski definition) is 0. The van der Waals surface area contributed by atoms with Crippen molar-refractivity contribution in [3.63, 3.8) is 0 Å². The highest BCUT2D eigenvalue weighted by Crippen LogP contribution is 2.16. The number of nitrogens with zero attached hydrogens (tertiary/aromatic N) is 3. The lowest BCUT2D eigenvalue weighted by atomic mass is 10.2. The van der Waals surface area contributed by atoms with Crippen LogP contribution in [0.2, 0.25) is 0 Å².